The van der Waals surface area contributed by atoms with Crippen molar-refractivity contribution in [3.05, 3.63) is 52.1 Å². The normalized spacial score (nSPS) is 10.3. The van der Waals surface area contributed by atoms with Crippen molar-refractivity contribution in [2.24, 2.45) is 0 Å². The number of nitrogens with one attached hydrogen (secondary N) is 1. The molecule has 0 spiro atoms. The van der Waals surface area contributed by atoms with E-state index in [1.54, 1.807) is 7.11 Å². The summed E-state index contributed by atoms with van der Waals surface area (Å²) in [5, 5.41) is 3.48. The van der Waals surface area contributed by atoms with E-state index in [9.17, 15) is 4.79 Å². The summed E-state index contributed by atoms with van der Waals surface area (Å²) in [6.45, 7) is 4.13. The van der Waals surface area contributed by atoms with E-state index in [1.807, 2.05) is 19.9 Å². The van der Waals surface area contributed by atoms with E-state index in [1.165, 1.54) is 18.6 Å². The second-order valence-electron chi connectivity index (χ2n) is 4.59. The minimum Gasteiger partial charge on any atom is -0.496 e. The van der Waals surface area contributed by atoms with Crippen LogP contribution < -0.4 is 10.1 Å². The van der Waals surface area contributed by atoms with Crippen molar-refractivity contribution in [2.75, 3.05) is 7.11 Å². The molecule has 2 aromatic rings. The maximum atomic E-state index is 12.0. The number of aryl methyl sites for hydroxylation is 1. The third kappa shape index (κ3) is 3.31. The number of benzene rings is 1. The molecule has 0 aliphatic rings. The Morgan fingerprint density at radius 1 is 1.38 bits per heavy atom. The summed E-state index contributed by atoms with van der Waals surface area (Å²) in [6.07, 6.45) is 4.41. The van der Waals surface area contributed by atoms with E-state index in [2.05, 4.69) is 15.3 Å². The summed E-state index contributed by atoms with van der Waals surface area (Å²) in [7, 11) is 1.59. The first-order valence-corrected chi connectivity index (χ1v) is 6.79. The fraction of sp³-hybridized carbons (Fsp3) is 0.267. The lowest BCUT2D eigenvalue weighted by Gasteiger charge is -2.15. The van der Waals surface area contributed by atoms with Crippen molar-refractivity contribution in [3.8, 4) is 5.75 Å². The minimum absolute atomic E-state index is 0.271. The van der Waals surface area contributed by atoms with Gasteiger partial charge in [0.05, 0.1) is 13.3 Å². The standard InChI is InChI=1S/C15H16ClN3O2/c1-9-6-13(21-3)11(10(2)14(9)16)7-19-15(20)12-8-17-4-5-18-12/h4-6,8H,7H2,1-3H3,(H,19,20). The molecule has 1 heterocycles. The predicted octanol–water partition coefficient (Wildman–Crippen LogP) is 2.69. The first kappa shape index (κ1) is 15.3. The Kier molecular flexibility index (Phi) is 4.75. The smallest absolute Gasteiger partial charge is 0.271 e. The van der Waals surface area contributed by atoms with Gasteiger partial charge in [-0.25, -0.2) is 4.98 Å². The summed E-state index contributed by atoms with van der Waals surface area (Å²) in [5.41, 5.74) is 2.96. The number of hydrogen-bond acceptors (Lipinski definition) is 4. The molecule has 2 rings (SSSR count). The SMILES string of the molecule is COc1cc(C)c(Cl)c(C)c1CNC(=O)c1cnccn1. The van der Waals surface area contributed by atoms with E-state index < -0.39 is 0 Å². The van der Waals surface area contributed by atoms with Crippen LogP contribution in [0.15, 0.2) is 24.7 Å². The zero-order valence-electron chi connectivity index (χ0n) is 12.1. The Hall–Kier alpha value is -2.14. The van der Waals surface area contributed by atoms with Crippen LogP contribution >= 0.6 is 11.6 Å². The molecule has 1 aromatic heterocycles. The first-order valence-electron chi connectivity index (χ1n) is 6.41. The largest absolute Gasteiger partial charge is 0.496 e. The molecule has 0 fully saturated rings. The molecule has 0 radical (unpaired) electrons. The fourth-order valence-corrected chi connectivity index (χ4v) is 2.21. The quantitative estimate of drug-likeness (QED) is 0.943. The molecule has 0 aliphatic heterocycles. The van der Waals surface area contributed by atoms with Gasteiger partial charge in [0.2, 0.25) is 0 Å². The Balaban J connectivity index is 2.20. The molecule has 0 unspecified atom stereocenters. The molecule has 1 amide bonds. The third-order valence-corrected chi connectivity index (χ3v) is 3.80. The van der Waals surface area contributed by atoms with Crippen molar-refractivity contribution >= 4 is 17.5 Å². The monoisotopic (exact) mass is 305 g/mol. The van der Waals surface area contributed by atoms with Gasteiger partial charge in [-0.1, -0.05) is 11.6 Å². The fourth-order valence-electron chi connectivity index (χ4n) is 2.04. The second kappa shape index (κ2) is 6.54. The van der Waals surface area contributed by atoms with E-state index in [4.69, 9.17) is 16.3 Å². The summed E-state index contributed by atoms with van der Waals surface area (Å²) in [4.78, 5) is 19.8. The zero-order chi connectivity index (χ0) is 15.4. The number of rotatable bonds is 4. The highest BCUT2D eigenvalue weighted by atomic mass is 35.5. The lowest BCUT2D eigenvalue weighted by Crippen LogP contribution is -2.24. The van der Waals surface area contributed by atoms with Crippen LogP contribution in [0.2, 0.25) is 5.02 Å². The molecule has 0 aliphatic carbocycles. The van der Waals surface area contributed by atoms with Crippen molar-refractivity contribution < 1.29 is 9.53 Å². The summed E-state index contributed by atoms with van der Waals surface area (Å²) in [5.74, 6) is 0.412. The molecule has 21 heavy (non-hydrogen) atoms. The molecule has 0 saturated carbocycles. The molecular formula is C15H16ClN3O2. The molecule has 1 aromatic carbocycles. The molecule has 1 N–H and O–H groups in total. The topological polar surface area (TPSA) is 64.1 Å². The first-order chi connectivity index (χ1) is 10.0. The molecule has 110 valence electrons. The number of aromatic nitrogens is 2. The molecule has 0 saturated heterocycles. The van der Waals surface area contributed by atoms with Gasteiger partial charge < -0.3 is 10.1 Å². The second-order valence-corrected chi connectivity index (χ2v) is 4.96. The van der Waals surface area contributed by atoms with Gasteiger partial charge in [0.25, 0.3) is 5.91 Å². The molecular weight excluding hydrogens is 290 g/mol. The van der Waals surface area contributed by atoms with Crippen LogP contribution in [-0.4, -0.2) is 23.0 Å². The minimum atomic E-state index is -0.291. The molecule has 0 atom stereocenters. The lowest BCUT2D eigenvalue weighted by molar-refractivity contribution is 0.0945. The average molecular weight is 306 g/mol. The maximum absolute atomic E-state index is 12.0. The van der Waals surface area contributed by atoms with E-state index >= 15 is 0 Å². The Morgan fingerprint density at radius 3 is 2.76 bits per heavy atom. The number of ether oxygens (including phenoxy) is 1. The van der Waals surface area contributed by atoms with Crippen molar-refractivity contribution in [3.63, 3.8) is 0 Å². The predicted molar refractivity (Wildman–Crippen MR) is 80.7 cm³/mol. The number of halogens is 1. The van der Waals surface area contributed by atoms with Crippen LogP contribution in [0.25, 0.3) is 0 Å². The highest BCUT2D eigenvalue weighted by Crippen LogP contribution is 2.31. The van der Waals surface area contributed by atoms with Gasteiger partial charge in [-0.05, 0) is 31.0 Å². The van der Waals surface area contributed by atoms with Crippen LogP contribution in [0.5, 0.6) is 5.75 Å². The van der Waals surface area contributed by atoms with Crippen LogP contribution in [-0.2, 0) is 6.54 Å². The molecule has 5 nitrogen and oxygen atoms in total. The Morgan fingerprint density at radius 2 is 2.14 bits per heavy atom. The van der Waals surface area contributed by atoms with Crippen LogP contribution in [0.4, 0.5) is 0 Å². The average Bonchev–Trinajstić information content (AvgIpc) is 2.52. The summed E-state index contributed by atoms with van der Waals surface area (Å²) in [6, 6.07) is 1.86. The zero-order valence-corrected chi connectivity index (χ0v) is 12.9. The lowest BCUT2D eigenvalue weighted by atomic mass is 10.0. The summed E-state index contributed by atoms with van der Waals surface area (Å²) < 4.78 is 5.36. The van der Waals surface area contributed by atoms with Crippen LogP contribution in [0.3, 0.4) is 0 Å². The number of methoxy groups -OCH3 is 1. The maximum Gasteiger partial charge on any atom is 0.271 e. The Bertz CT molecular complexity index is 660. The highest BCUT2D eigenvalue weighted by Gasteiger charge is 2.14. The van der Waals surface area contributed by atoms with E-state index in [-0.39, 0.29) is 11.6 Å². The van der Waals surface area contributed by atoms with Crippen LogP contribution in [0, 0.1) is 13.8 Å². The number of hydrogen-bond donors (Lipinski definition) is 1. The van der Waals surface area contributed by atoms with Crippen molar-refractivity contribution in [1.82, 2.24) is 15.3 Å². The third-order valence-electron chi connectivity index (χ3n) is 3.21. The Labute approximate surface area is 128 Å². The van der Waals surface area contributed by atoms with E-state index in [0.717, 1.165) is 16.7 Å². The molecule has 6 heteroatoms. The van der Waals surface area contributed by atoms with Gasteiger partial charge in [-0.3, -0.25) is 9.78 Å². The number of carbonyl (C=O) groups is 1. The summed E-state index contributed by atoms with van der Waals surface area (Å²) >= 11 is 6.25. The molecule has 0 bridgehead atoms. The van der Waals surface area contributed by atoms with Gasteiger partial charge in [0, 0.05) is 29.5 Å². The number of carbonyl (C=O) groups excluding carboxylic acids is 1. The van der Waals surface area contributed by atoms with Gasteiger partial charge in [-0.15, -0.1) is 0 Å². The number of nitrogens with zero attached hydrogens (tertiary/aromatic N) is 2. The van der Waals surface area contributed by atoms with Crippen molar-refractivity contribution in [2.45, 2.75) is 20.4 Å². The van der Waals surface area contributed by atoms with Gasteiger partial charge >= 0.3 is 0 Å². The van der Waals surface area contributed by atoms with Crippen LogP contribution in [0.1, 0.15) is 27.2 Å². The highest BCUT2D eigenvalue weighted by molar-refractivity contribution is 6.32. The van der Waals surface area contributed by atoms with E-state index in [0.29, 0.717) is 17.3 Å². The van der Waals surface area contributed by atoms with Crippen molar-refractivity contribution in [1.29, 1.82) is 0 Å². The van der Waals surface area contributed by atoms with Gasteiger partial charge in [-0.2, -0.15) is 0 Å². The number of amides is 1. The van der Waals surface area contributed by atoms with Gasteiger partial charge in [0.15, 0.2) is 0 Å². The van der Waals surface area contributed by atoms with Gasteiger partial charge in [0.1, 0.15) is 11.4 Å².